The molecule has 0 bridgehead atoms. The third-order valence-corrected chi connectivity index (χ3v) is 3.75. The molecule has 2 N–H and O–H groups in total. The number of rotatable bonds is 6. The van der Waals surface area contributed by atoms with Crippen molar-refractivity contribution in [2.75, 3.05) is 6.61 Å². The highest BCUT2D eigenvalue weighted by Crippen LogP contribution is 2.30. The van der Waals surface area contributed by atoms with Gasteiger partial charge in [-0.2, -0.15) is 0 Å². The molecule has 0 amide bonds. The van der Waals surface area contributed by atoms with Gasteiger partial charge in [0.1, 0.15) is 0 Å². The van der Waals surface area contributed by atoms with Crippen LogP contribution >= 0.6 is 0 Å². The molecule has 0 aliphatic carbocycles. The molecule has 0 unspecified atom stereocenters. The molecular weight excluding hydrogens is 254 g/mol. The molecule has 20 heavy (non-hydrogen) atoms. The molecule has 4 heteroatoms. The van der Waals surface area contributed by atoms with Crippen LogP contribution in [0.3, 0.4) is 0 Å². The van der Waals surface area contributed by atoms with Gasteiger partial charge in [-0.05, 0) is 37.5 Å². The third kappa shape index (κ3) is 2.43. The molecule has 4 nitrogen and oxygen atoms in total. The maximum Gasteiger partial charge on any atom is 0.336 e. The Morgan fingerprint density at radius 3 is 2.70 bits per heavy atom. The fraction of sp³-hybridized carbons (Fsp3) is 0.438. The number of aromatic nitrogens is 1. The highest BCUT2D eigenvalue weighted by Gasteiger charge is 2.18. The van der Waals surface area contributed by atoms with Crippen LogP contribution < -0.4 is 0 Å². The SMILES string of the molecule is CCCc1c(C)n(CCCO)c2cccc(C(=O)O)c12. The number of fused-ring (bicyclic) bond motifs is 1. The van der Waals surface area contributed by atoms with Crippen molar-refractivity contribution in [1.29, 1.82) is 0 Å². The summed E-state index contributed by atoms with van der Waals surface area (Å²) < 4.78 is 2.13. The van der Waals surface area contributed by atoms with Crippen molar-refractivity contribution in [2.24, 2.45) is 0 Å². The minimum Gasteiger partial charge on any atom is -0.478 e. The molecule has 0 saturated carbocycles. The molecule has 1 heterocycles. The van der Waals surface area contributed by atoms with E-state index >= 15 is 0 Å². The minimum absolute atomic E-state index is 0.140. The van der Waals surface area contributed by atoms with Gasteiger partial charge in [-0.15, -0.1) is 0 Å². The van der Waals surface area contributed by atoms with E-state index in [-0.39, 0.29) is 6.61 Å². The number of hydrogen-bond donors (Lipinski definition) is 2. The van der Waals surface area contributed by atoms with Crippen LogP contribution in [0, 0.1) is 6.92 Å². The van der Waals surface area contributed by atoms with E-state index in [0.29, 0.717) is 18.5 Å². The van der Waals surface area contributed by atoms with Gasteiger partial charge in [-0.3, -0.25) is 0 Å². The van der Waals surface area contributed by atoms with Crippen molar-refractivity contribution in [1.82, 2.24) is 4.57 Å². The second-order valence-corrected chi connectivity index (χ2v) is 5.05. The van der Waals surface area contributed by atoms with Gasteiger partial charge in [0.25, 0.3) is 0 Å². The second kappa shape index (κ2) is 6.09. The lowest BCUT2D eigenvalue weighted by Crippen LogP contribution is -2.02. The molecule has 1 aromatic carbocycles. The first-order chi connectivity index (χ1) is 9.61. The molecule has 108 valence electrons. The van der Waals surface area contributed by atoms with Crippen LogP contribution in [0.1, 0.15) is 41.4 Å². The van der Waals surface area contributed by atoms with Gasteiger partial charge >= 0.3 is 5.97 Å². The van der Waals surface area contributed by atoms with Crippen molar-refractivity contribution in [3.05, 3.63) is 35.0 Å². The predicted molar refractivity (Wildman–Crippen MR) is 79.3 cm³/mol. The lowest BCUT2D eigenvalue weighted by Gasteiger charge is -2.07. The van der Waals surface area contributed by atoms with Crippen molar-refractivity contribution >= 4 is 16.9 Å². The summed E-state index contributed by atoms with van der Waals surface area (Å²) in [6.07, 6.45) is 2.53. The number of carboxylic acids is 1. The molecule has 0 fully saturated rings. The summed E-state index contributed by atoms with van der Waals surface area (Å²) in [5.74, 6) is -0.882. The average Bonchev–Trinajstić information content (AvgIpc) is 2.70. The molecule has 0 spiro atoms. The number of nitrogens with zero attached hydrogens (tertiary/aromatic N) is 1. The number of aryl methyl sites for hydroxylation is 2. The van der Waals surface area contributed by atoms with Crippen molar-refractivity contribution in [3.63, 3.8) is 0 Å². The Hall–Kier alpha value is -1.81. The smallest absolute Gasteiger partial charge is 0.336 e. The fourth-order valence-corrected chi connectivity index (χ4v) is 2.86. The fourth-order valence-electron chi connectivity index (χ4n) is 2.86. The van der Waals surface area contributed by atoms with E-state index in [1.807, 2.05) is 13.0 Å². The monoisotopic (exact) mass is 275 g/mol. The first kappa shape index (κ1) is 14.6. The maximum absolute atomic E-state index is 11.5. The number of carbonyl (C=O) groups is 1. The van der Waals surface area contributed by atoms with E-state index in [1.165, 1.54) is 0 Å². The van der Waals surface area contributed by atoms with E-state index in [1.54, 1.807) is 12.1 Å². The van der Waals surface area contributed by atoms with Crippen LogP contribution in [0.4, 0.5) is 0 Å². The van der Waals surface area contributed by atoms with Gasteiger partial charge < -0.3 is 14.8 Å². The standard InChI is InChI=1S/C16H21NO3/c1-3-6-12-11(2)17(9-5-10-18)14-8-4-7-13(15(12)14)16(19)20/h4,7-8,18H,3,5-6,9-10H2,1-2H3,(H,19,20). The number of aliphatic hydroxyl groups is 1. The lowest BCUT2D eigenvalue weighted by molar-refractivity contribution is 0.0699. The Labute approximate surface area is 118 Å². The van der Waals surface area contributed by atoms with E-state index in [9.17, 15) is 9.90 Å². The van der Waals surface area contributed by atoms with Gasteiger partial charge in [0, 0.05) is 29.7 Å². The van der Waals surface area contributed by atoms with Gasteiger partial charge in [0.05, 0.1) is 5.56 Å². The molecule has 0 aliphatic rings. The molecule has 0 radical (unpaired) electrons. The van der Waals surface area contributed by atoms with Crippen LogP contribution in [0.15, 0.2) is 18.2 Å². The van der Waals surface area contributed by atoms with Gasteiger partial charge in [-0.1, -0.05) is 19.4 Å². The van der Waals surface area contributed by atoms with E-state index in [0.717, 1.165) is 35.0 Å². The van der Waals surface area contributed by atoms with E-state index < -0.39 is 5.97 Å². The van der Waals surface area contributed by atoms with Crippen LogP contribution in [0.5, 0.6) is 0 Å². The van der Waals surface area contributed by atoms with Gasteiger partial charge in [0.15, 0.2) is 0 Å². The van der Waals surface area contributed by atoms with Crippen molar-refractivity contribution in [2.45, 2.75) is 39.7 Å². The summed E-state index contributed by atoms with van der Waals surface area (Å²) in [7, 11) is 0. The summed E-state index contributed by atoms with van der Waals surface area (Å²) in [6.45, 7) is 4.99. The Bertz CT molecular complexity index is 628. The highest BCUT2D eigenvalue weighted by atomic mass is 16.4. The highest BCUT2D eigenvalue weighted by molar-refractivity contribution is 6.05. The molecule has 1 aromatic heterocycles. The minimum atomic E-state index is -0.882. The summed E-state index contributed by atoms with van der Waals surface area (Å²) in [4.78, 5) is 11.5. The number of carboxylic acid groups (broad SMARTS) is 1. The predicted octanol–water partition coefficient (Wildman–Crippen LogP) is 2.98. The Kier molecular flexibility index (Phi) is 4.45. The van der Waals surface area contributed by atoms with E-state index in [4.69, 9.17) is 5.11 Å². The van der Waals surface area contributed by atoms with Crippen molar-refractivity contribution in [3.8, 4) is 0 Å². The Morgan fingerprint density at radius 1 is 1.35 bits per heavy atom. The number of aliphatic hydroxyl groups excluding tert-OH is 1. The Balaban J connectivity index is 2.72. The average molecular weight is 275 g/mol. The lowest BCUT2D eigenvalue weighted by atomic mass is 10.0. The number of benzene rings is 1. The number of hydrogen-bond acceptors (Lipinski definition) is 2. The van der Waals surface area contributed by atoms with Gasteiger partial charge in [-0.25, -0.2) is 4.79 Å². The normalized spacial score (nSPS) is 11.2. The van der Waals surface area contributed by atoms with Crippen LogP contribution in [0.25, 0.3) is 10.9 Å². The molecular formula is C16H21NO3. The first-order valence-corrected chi connectivity index (χ1v) is 7.06. The van der Waals surface area contributed by atoms with Crippen molar-refractivity contribution < 1.29 is 15.0 Å². The summed E-state index contributed by atoms with van der Waals surface area (Å²) in [6, 6.07) is 5.42. The molecule has 2 aromatic rings. The molecule has 0 saturated heterocycles. The maximum atomic E-state index is 11.5. The zero-order valence-corrected chi connectivity index (χ0v) is 12.0. The largest absolute Gasteiger partial charge is 0.478 e. The topological polar surface area (TPSA) is 62.5 Å². The molecule has 2 rings (SSSR count). The summed E-state index contributed by atoms with van der Waals surface area (Å²) >= 11 is 0. The van der Waals surface area contributed by atoms with E-state index in [2.05, 4.69) is 11.5 Å². The molecule has 0 aliphatic heterocycles. The quantitative estimate of drug-likeness (QED) is 0.852. The van der Waals surface area contributed by atoms with Crippen LogP contribution in [0.2, 0.25) is 0 Å². The van der Waals surface area contributed by atoms with Crippen LogP contribution in [-0.2, 0) is 13.0 Å². The molecule has 0 atom stereocenters. The zero-order chi connectivity index (χ0) is 14.7. The second-order valence-electron chi connectivity index (χ2n) is 5.05. The third-order valence-electron chi connectivity index (χ3n) is 3.75. The van der Waals surface area contributed by atoms with Crippen LogP contribution in [-0.4, -0.2) is 27.4 Å². The number of aromatic carboxylic acids is 1. The Morgan fingerprint density at radius 2 is 2.10 bits per heavy atom. The zero-order valence-electron chi connectivity index (χ0n) is 12.0. The summed E-state index contributed by atoms with van der Waals surface area (Å²) in [5, 5.41) is 19.3. The summed E-state index contributed by atoms with van der Waals surface area (Å²) in [5.41, 5.74) is 3.57. The van der Waals surface area contributed by atoms with Gasteiger partial charge in [0.2, 0.25) is 0 Å². The first-order valence-electron chi connectivity index (χ1n) is 7.06.